The van der Waals surface area contributed by atoms with Gasteiger partial charge >= 0.3 is 0 Å². The molecular formula is C55H33N3OS. The van der Waals surface area contributed by atoms with Crippen molar-refractivity contribution in [3.8, 4) is 67.4 Å². The Balaban J connectivity index is 0.957. The molecule has 12 rings (SSSR count). The Morgan fingerprint density at radius 1 is 0.383 bits per heavy atom. The van der Waals surface area contributed by atoms with Gasteiger partial charge in [-0.15, -0.1) is 11.3 Å². The van der Waals surface area contributed by atoms with Crippen LogP contribution in [0.2, 0.25) is 0 Å². The molecule has 5 heteroatoms. The first-order chi connectivity index (χ1) is 29.7. The van der Waals surface area contributed by atoms with Crippen LogP contribution in [0.5, 0.6) is 0 Å². The van der Waals surface area contributed by atoms with Crippen LogP contribution in [0, 0.1) is 0 Å². The highest BCUT2D eigenvalue weighted by Crippen LogP contribution is 2.44. The molecule has 280 valence electrons. The molecular weight excluding hydrogens is 751 g/mol. The Hall–Kier alpha value is -7.73. The van der Waals surface area contributed by atoms with Gasteiger partial charge in [0.2, 0.25) is 0 Å². The molecule has 4 aromatic heterocycles. The van der Waals surface area contributed by atoms with Crippen LogP contribution in [-0.4, -0.2) is 15.0 Å². The molecule has 0 saturated carbocycles. The highest BCUT2D eigenvalue weighted by atomic mass is 32.1. The van der Waals surface area contributed by atoms with Crippen LogP contribution in [0.4, 0.5) is 0 Å². The maximum atomic E-state index is 6.37. The lowest BCUT2D eigenvalue weighted by atomic mass is 9.98. The number of hydrogen-bond donors (Lipinski definition) is 0. The minimum atomic E-state index is 0.667. The molecule has 0 radical (unpaired) electrons. The van der Waals surface area contributed by atoms with E-state index in [-0.39, 0.29) is 0 Å². The topological polar surface area (TPSA) is 51.8 Å². The summed E-state index contributed by atoms with van der Waals surface area (Å²) in [6.45, 7) is 0. The molecule has 4 nitrogen and oxygen atoms in total. The van der Waals surface area contributed by atoms with Gasteiger partial charge in [-0.3, -0.25) is 0 Å². The Kier molecular flexibility index (Phi) is 8.00. The van der Waals surface area contributed by atoms with E-state index in [1.807, 2.05) is 41.7 Å². The van der Waals surface area contributed by atoms with E-state index < -0.39 is 0 Å². The standard InChI is InChI=1S/C55H33N3OS/c1-3-12-34(13-4-1)40-30-31-44-48(32-40)56-52(51-45-17-8-10-21-50(45)60-54(44)51)38-26-24-37(25-27-38)47-33-46(36-14-5-2-6-15-36)57-55(58-47)39-28-22-35(23-29-39)41-18-11-19-43-42-16-7-9-20-49(42)59-53(41)43/h1-33H. The van der Waals surface area contributed by atoms with E-state index in [1.165, 1.54) is 31.1 Å². The van der Waals surface area contributed by atoms with Crippen LogP contribution >= 0.6 is 11.3 Å². The van der Waals surface area contributed by atoms with Crippen molar-refractivity contribution >= 4 is 64.4 Å². The minimum Gasteiger partial charge on any atom is -0.455 e. The van der Waals surface area contributed by atoms with E-state index in [0.29, 0.717) is 5.82 Å². The highest BCUT2D eigenvalue weighted by Gasteiger charge is 2.18. The molecule has 0 saturated heterocycles. The van der Waals surface area contributed by atoms with Gasteiger partial charge < -0.3 is 4.42 Å². The van der Waals surface area contributed by atoms with Crippen LogP contribution in [0.1, 0.15) is 0 Å². The van der Waals surface area contributed by atoms with Gasteiger partial charge in [0.1, 0.15) is 11.2 Å². The van der Waals surface area contributed by atoms with Crippen LogP contribution in [-0.2, 0) is 0 Å². The average Bonchev–Trinajstić information content (AvgIpc) is 3.91. The van der Waals surface area contributed by atoms with Crippen LogP contribution in [0.3, 0.4) is 0 Å². The molecule has 0 aliphatic heterocycles. The van der Waals surface area contributed by atoms with Crippen molar-refractivity contribution in [2.75, 3.05) is 0 Å². The molecule has 0 bridgehead atoms. The summed E-state index contributed by atoms with van der Waals surface area (Å²) in [5.74, 6) is 0.667. The van der Waals surface area contributed by atoms with Crippen LogP contribution in [0.25, 0.3) is 120 Å². The number of para-hydroxylation sites is 2. The van der Waals surface area contributed by atoms with Crippen molar-refractivity contribution in [1.29, 1.82) is 0 Å². The zero-order valence-electron chi connectivity index (χ0n) is 32.2. The molecule has 0 amide bonds. The molecule has 0 spiro atoms. The second kappa shape index (κ2) is 14.0. The van der Waals surface area contributed by atoms with Gasteiger partial charge in [-0.2, -0.15) is 0 Å². The number of furan rings is 1. The summed E-state index contributed by atoms with van der Waals surface area (Å²) in [4.78, 5) is 15.7. The summed E-state index contributed by atoms with van der Waals surface area (Å²) >= 11 is 1.84. The van der Waals surface area contributed by atoms with Gasteiger partial charge in [-0.25, -0.2) is 15.0 Å². The van der Waals surface area contributed by atoms with Crippen molar-refractivity contribution in [2.24, 2.45) is 0 Å². The minimum absolute atomic E-state index is 0.667. The fourth-order valence-corrected chi connectivity index (χ4v) is 9.77. The molecule has 12 aromatic rings. The predicted molar refractivity (Wildman–Crippen MR) is 250 cm³/mol. The third-order valence-electron chi connectivity index (χ3n) is 11.5. The summed E-state index contributed by atoms with van der Waals surface area (Å²) < 4.78 is 8.88. The second-order valence-corrected chi connectivity index (χ2v) is 16.2. The van der Waals surface area contributed by atoms with Crippen molar-refractivity contribution in [2.45, 2.75) is 0 Å². The molecule has 0 unspecified atom stereocenters. The van der Waals surface area contributed by atoms with Gasteiger partial charge in [0.25, 0.3) is 0 Å². The number of rotatable bonds is 6. The van der Waals surface area contributed by atoms with E-state index in [4.69, 9.17) is 19.4 Å². The SMILES string of the molecule is c1ccc(-c2ccc3c(c2)nc(-c2ccc(-c4cc(-c5ccccc5)nc(-c5ccc(-c6cccc7c6oc6ccccc67)cc5)n4)cc2)c2c4ccccc4sc32)cc1. The fraction of sp³-hybridized carbons (Fsp3) is 0. The number of nitrogens with zero attached hydrogens (tertiary/aromatic N) is 3. The Bertz CT molecular complexity index is 3570. The van der Waals surface area contributed by atoms with Gasteiger partial charge in [0, 0.05) is 64.1 Å². The molecule has 0 N–H and O–H groups in total. The summed E-state index contributed by atoms with van der Waals surface area (Å²) in [5.41, 5.74) is 14.0. The Morgan fingerprint density at radius 2 is 0.983 bits per heavy atom. The molecule has 0 atom stereocenters. The van der Waals surface area contributed by atoms with Gasteiger partial charge in [0.15, 0.2) is 5.82 Å². The molecule has 0 aliphatic rings. The maximum Gasteiger partial charge on any atom is 0.160 e. The third kappa shape index (κ3) is 5.78. The van der Waals surface area contributed by atoms with E-state index in [1.54, 1.807) is 0 Å². The lowest BCUT2D eigenvalue weighted by molar-refractivity contribution is 0.670. The van der Waals surface area contributed by atoms with Gasteiger partial charge in [0.05, 0.1) is 22.6 Å². The number of fused-ring (bicyclic) bond motifs is 8. The maximum absolute atomic E-state index is 6.37. The predicted octanol–water partition coefficient (Wildman–Crippen LogP) is 15.3. The fourth-order valence-electron chi connectivity index (χ4n) is 8.54. The number of benzene rings is 8. The van der Waals surface area contributed by atoms with E-state index >= 15 is 0 Å². The number of aromatic nitrogens is 3. The largest absolute Gasteiger partial charge is 0.455 e. The van der Waals surface area contributed by atoms with Gasteiger partial charge in [-0.1, -0.05) is 176 Å². The molecule has 4 heterocycles. The lowest BCUT2D eigenvalue weighted by Crippen LogP contribution is -1.96. The quantitative estimate of drug-likeness (QED) is 0.169. The van der Waals surface area contributed by atoms with Crippen LogP contribution < -0.4 is 0 Å². The molecule has 8 aromatic carbocycles. The Morgan fingerprint density at radius 3 is 1.77 bits per heavy atom. The summed E-state index contributed by atoms with van der Waals surface area (Å²) in [6, 6.07) is 70.0. The molecule has 60 heavy (non-hydrogen) atoms. The zero-order valence-corrected chi connectivity index (χ0v) is 33.0. The summed E-state index contributed by atoms with van der Waals surface area (Å²) in [7, 11) is 0. The third-order valence-corrected chi connectivity index (χ3v) is 12.7. The first kappa shape index (κ1) is 34.3. The molecule has 0 fully saturated rings. The summed E-state index contributed by atoms with van der Waals surface area (Å²) in [6.07, 6.45) is 0. The van der Waals surface area contributed by atoms with E-state index in [9.17, 15) is 0 Å². The van der Waals surface area contributed by atoms with Crippen LogP contribution in [0.15, 0.2) is 205 Å². The van der Waals surface area contributed by atoms with Crippen molar-refractivity contribution in [3.63, 3.8) is 0 Å². The van der Waals surface area contributed by atoms with E-state index in [0.717, 1.165) is 83.5 Å². The smallest absolute Gasteiger partial charge is 0.160 e. The Labute approximate surface area is 349 Å². The van der Waals surface area contributed by atoms with Gasteiger partial charge in [-0.05, 0) is 41.0 Å². The molecule has 0 aliphatic carbocycles. The van der Waals surface area contributed by atoms with Crippen molar-refractivity contribution in [1.82, 2.24) is 15.0 Å². The van der Waals surface area contributed by atoms with Crippen molar-refractivity contribution < 1.29 is 4.42 Å². The number of hydrogen-bond acceptors (Lipinski definition) is 5. The highest BCUT2D eigenvalue weighted by molar-refractivity contribution is 7.26. The summed E-state index contributed by atoms with van der Waals surface area (Å²) in [5, 5.41) is 5.83. The number of pyridine rings is 1. The number of thiophene rings is 1. The average molecular weight is 784 g/mol. The van der Waals surface area contributed by atoms with Crippen molar-refractivity contribution in [3.05, 3.63) is 200 Å². The first-order valence-electron chi connectivity index (χ1n) is 20.1. The normalized spacial score (nSPS) is 11.7. The first-order valence-corrected chi connectivity index (χ1v) is 20.9. The zero-order chi connectivity index (χ0) is 39.6. The van der Waals surface area contributed by atoms with E-state index in [2.05, 4.69) is 170 Å². The lowest BCUT2D eigenvalue weighted by Gasteiger charge is -2.12. The second-order valence-electron chi connectivity index (χ2n) is 15.1. The monoisotopic (exact) mass is 783 g/mol.